The molecule has 5 heteroatoms. The van der Waals surface area contributed by atoms with Crippen LogP contribution in [0.25, 0.3) is 0 Å². The Hall–Kier alpha value is -1.29. The number of pyridine rings is 1. The average Bonchev–Trinajstić information content (AvgIpc) is 2.77. The first-order valence-corrected chi connectivity index (χ1v) is 7.21. The molecule has 4 nitrogen and oxygen atoms in total. The molecule has 104 valence electrons. The number of amides is 1. The van der Waals surface area contributed by atoms with Crippen molar-refractivity contribution in [2.24, 2.45) is 5.92 Å². The lowest BCUT2D eigenvalue weighted by molar-refractivity contribution is 0.0925. The van der Waals surface area contributed by atoms with Crippen molar-refractivity contribution < 1.29 is 4.79 Å². The number of hydrogen-bond acceptors (Lipinski definition) is 3. The first-order chi connectivity index (χ1) is 9.11. The van der Waals surface area contributed by atoms with Crippen LogP contribution in [0.3, 0.4) is 0 Å². The molecular weight excluding hydrogens is 262 g/mol. The number of halogens is 1. The predicted molar refractivity (Wildman–Crippen MR) is 77.7 cm³/mol. The molecular formula is C14H20ClN3O. The van der Waals surface area contributed by atoms with E-state index in [1.165, 1.54) is 12.8 Å². The van der Waals surface area contributed by atoms with Gasteiger partial charge in [-0.05, 0) is 37.8 Å². The number of carbonyl (C=O) groups excluding carboxylic acids is 1. The lowest BCUT2D eigenvalue weighted by atomic mass is 10.1. The van der Waals surface area contributed by atoms with Crippen LogP contribution in [0.1, 0.15) is 43.6 Å². The van der Waals surface area contributed by atoms with Crippen molar-refractivity contribution in [3.05, 3.63) is 22.8 Å². The van der Waals surface area contributed by atoms with Gasteiger partial charge in [0.05, 0.1) is 5.02 Å². The van der Waals surface area contributed by atoms with Gasteiger partial charge in [-0.25, -0.2) is 4.98 Å². The highest BCUT2D eigenvalue weighted by atomic mass is 35.5. The van der Waals surface area contributed by atoms with Crippen molar-refractivity contribution >= 4 is 23.3 Å². The van der Waals surface area contributed by atoms with E-state index in [4.69, 9.17) is 11.6 Å². The van der Waals surface area contributed by atoms with E-state index in [1.54, 1.807) is 12.1 Å². The lowest BCUT2D eigenvalue weighted by Crippen LogP contribution is -2.37. The van der Waals surface area contributed by atoms with Crippen molar-refractivity contribution in [2.45, 2.75) is 39.2 Å². The molecule has 2 rings (SSSR count). The number of anilines is 1. The molecule has 0 radical (unpaired) electrons. The Bertz CT molecular complexity index is 464. The molecule has 0 aromatic carbocycles. The van der Waals surface area contributed by atoms with E-state index >= 15 is 0 Å². The van der Waals surface area contributed by atoms with Gasteiger partial charge in [-0.2, -0.15) is 0 Å². The zero-order valence-electron chi connectivity index (χ0n) is 11.4. The highest BCUT2D eigenvalue weighted by Crippen LogP contribution is 2.25. The maximum atomic E-state index is 12.2. The topological polar surface area (TPSA) is 54.0 Å². The van der Waals surface area contributed by atoms with Crippen LogP contribution in [0.2, 0.25) is 5.02 Å². The molecule has 19 heavy (non-hydrogen) atoms. The van der Waals surface area contributed by atoms with E-state index in [9.17, 15) is 4.79 Å². The molecule has 0 aliphatic heterocycles. The SMILES string of the molecule is CCNc1ccc(Cl)c(C(=O)NC2CCCC2C)n1. The van der Waals surface area contributed by atoms with Gasteiger partial charge in [0.15, 0.2) is 0 Å². The second-order valence-corrected chi connectivity index (χ2v) is 5.45. The third-order valence-corrected chi connectivity index (χ3v) is 3.90. The number of nitrogens with one attached hydrogen (secondary N) is 2. The van der Waals surface area contributed by atoms with E-state index in [0.29, 0.717) is 22.5 Å². The maximum absolute atomic E-state index is 12.2. The van der Waals surface area contributed by atoms with E-state index in [2.05, 4.69) is 22.5 Å². The molecule has 1 fully saturated rings. The molecule has 1 aliphatic rings. The minimum absolute atomic E-state index is 0.177. The first kappa shape index (κ1) is 14.1. The van der Waals surface area contributed by atoms with Gasteiger partial charge in [-0.3, -0.25) is 4.79 Å². The lowest BCUT2D eigenvalue weighted by Gasteiger charge is -2.17. The van der Waals surface area contributed by atoms with Gasteiger partial charge in [-0.15, -0.1) is 0 Å². The Labute approximate surface area is 118 Å². The highest BCUT2D eigenvalue weighted by molar-refractivity contribution is 6.33. The van der Waals surface area contributed by atoms with Gasteiger partial charge < -0.3 is 10.6 Å². The van der Waals surface area contributed by atoms with E-state index in [-0.39, 0.29) is 11.9 Å². The van der Waals surface area contributed by atoms with Crippen LogP contribution in [-0.2, 0) is 0 Å². The third kappa shape index (κ3) is 3.38. The minimum Gasteiger partial charge on any atom is -0.370 e. The van der Waals surface area contributed by atoms with Crippen LogP contribution in [-0.4, -0.2) is 23.5 Å². The van der Waals surface area contributed by atoms with Crippen molar-refractivity contribution in [1.29, 1.82) is 0 Å². The number of carbonyl (C=O) groups is 1. The fourth-order valence-corrected chi connectivity index (χ4v) is 2.67. The summed E-state index contributed by atoms with van der Waals surface area (Å²) >= 11 is 6.06. The summed E-state index contributed by atoms with van der Waals surface area (Å²) in [6.07, 6.45) is 3.38. The maximum Gasteiger partial charge on any atom is 0.271 e. The summed E-state index contributed by atoms with van der Waals surface area (Å²) in [5.41, 5.74) is 0.305. The van der Waals surface area contributed by atoms with Crippen LogP contribution in [0.15, 0.2) is 12.1 Å². The molecule has 1 aromatic rings. The second-order valence-electron chi connectivity index (χ2n) is 5.05. The molecule has 2 unspecified atom stereocenters. The predicted octanol–water partition coefficient (Wildman–Crippen LogP) is 3.09. The van der Waals surface area contributed by atoms with Crippen LogP contribution < -0.4 is 10.6 Å². The van der Waals surface area contributed by atoms with Gasteiger partial charge in [0.1, 0.15) is 11.5 Å². The molecule has 1 saturated carbocycles. The molecule has 0 bridgehead atoms. The molecule has 1 aliphatic carbocycles. The quantitative estimate of drug-likeness (QED) is 0.892. The summed E-state index contributed by atoms with van der Waals surface area (Å²) < 4.78 is 0. The zero-order chi connectivity index (χ0) is 13.8. The molecule has 0 saturated heterocycles. The van der Waals surface area contributed by atoms with Gasteiger partial charge in [0, 0.05) is 12.6 Å². The van der Waals surface area contributed by atoms with E-state index in [0.717, 1.165) is 13.0 Å². The summed E-state index contributed by atoms with van der Waals surface area (Å²) in [5, 5.41) is 6.52. The average molecular weight is 282 g/mol. The molecule has 2 atom stereocenters. The zero-order valence-corrected chi connectivity index (χ0v) is 12.1. The molecule has 1 amide bonds. The third-order valence-electron chi connectivity index (χ3n) is 3.60. The second kappa shape index (κ2) is 6.24. The summed E-state index contributed by atoms with van der Waals surface area (Å²) in [6, 6.07) is 3.73. The Morgan fingerprint density at radius 3 is 2.89 bits per heavy atom. The summed E-state index contributed by atoms with van der Waals surface area (Å²) in [5.74, 6) is 1.03. The Kier molecular flexibility index (Phi) is 4.64. The number of aromatic nitrogens is 1. The normalized spacial score (nSPS) is 22.3. The summed E-state index contributed by atoms with van der Waals surface area (Å²) in [4.78, 5) is 16.5. The monoisotopic (exact) mass is 281 g/mol. The largest absolute Gasteiger partial charge is 0.370 e. The number of rotatable bonds is 4. The van der Waals surface area contributed by atoms with Crippen LogP contribution >= 0.6 is 11.6 Å². The Balaban J connectivity index is 2.11. The van der Waals surface area contributed by atoms with Crippen LogP contribution in [0.4, 0.5) is 5.82 Å². The fraction of sp³-hybridized carbons (Fsp3) is 0.571. The molecule has 2 N–H and O–H groups in total. The number of nitrogens with zero attached hydrogens (tertiary/aromatic N) is 1. The Morgan fingerprint density at radius 2 is 2.26 bits per heavy atom. The van der Waals surface area contributed by atoms with Crippen molar-refractivity contribution in [3.8, 4) is 0 Å². The van der Waals surface area contributed by atoms with Gasteiger partial charge >= 0.3 is 0 Å². The molecule has 1 heterocycles. The molecule has 0 spiro atoms. The van der Waals surface area contributed by atoms with Crippen molar-refractivity contribution in [1.82, 2.24) is 10.3 Å². The van der Waals surface area contributed by atoms with Crippen LogP contribution in [0, 0.1) is 5.92 Å². The van der Waals surface area contributed by atoms with Gasteiger partial charge in [0.25, 0.3) is 5.91 Å². The van der Waals surface area contributed by atoms with Crippen molar-refractivity contribution in [3.63, 3.8) is 0 Å². The smallest absolute Gasteiger partial charge is 0.271 e. The van der Waals surface area contributed by atoms with Gasteiger partial charge in [0.2, 0.25) is 0 Å². The highest BCUT2D eigenvalue weighted by Gasteiger charge is 2.26. The van der Waals surface area contributed by atoms with Crippen molar-refractivity contribution in [2.75, 3.05) is 11.9 Å². The minimum atomic E-state index is -0.177. The molecule has 1 aromatic heterocycles. The standard InChI is InChI=1S/C14H20ClN3O/c1-3-16-12-8-7-10(15)13(18-12)14(19)17-11-6-4-5-9(11)2/h7-9,11H,3-6H2,1-2H3,(H,16,18)(H,17,19). The number of hydrogen-bond donors (Lipinski definition) is 2. The first-order valence-electron chi connectivity index (χ1n) is 6.83. The van der Waals surface area contributed by atoms with E-state index < -0.39 is 0 Å². The summed E-state index contributed by atoms with van der Waals surface area (Å²) in [7, 11) is 0. The van der Waals surface area contributed by atoms with Gasteiger partial charge in [-0.1, -0.05) is 24.9 Å². The fourth-order valence-electron chi connectivity index (χ4n) is 2.48. The van der Waals surface area contributed by atoms with E-state index in [1.807, 2.05) is 6.92 Å². The Morgan fingerprint density at radius 1 is 1.47 bits per heavy atom. The summed E-state index contributed by atoms with van der Waals surface area (Å²) in [6.45, 7) is 4.91. The van der Waals surface area contributed by atoms with Crippen LogP contribution in [0.5, 0.6) is 0 Å².